The lowest BCUT2D eigenvalue weighted by molar-refractivity contribution is -0.129. The first-order chi connectivity index (χ1) is 12.3. The number of nitrogens with zero attached hydrogens (tertiary/aromatic N) is 3. The molecule has 0 spiro atoms. The third kappa shape index (κ3) is 3.28. The summed E-state index contributed by atoms with van der Waals surface area (Å²) in [4.78, 5) is 17.4. The van der Waals surface area contributed by atoms with Crippen LogP contribution in [0.3, 0.4) is 0 Å². The fourth-order valence-electron chi connectivity index (χ4n) is 4.10. The van der Waals surface area contributed by atoms with E-state index in [1.54, 1.807) is 0 Å². The lowest BCUT2D eigenvalue weighted by atomic mass is 9.99. The van der Waals surface area contributed by atoms with Gasteiger partial charge in [-0.05, 0) is 18.1 Å². The smallest absolute Gasteiger partial charge is 0.228 e. The normalized spacial score (nSPS) is 24.9. The van der Waals surface area contributed by atoms with Crippen LogP contribution in [-0.2, 0) is 16.0 Å². The van der Waals surface area contributed by atoms with Crippen molar-refractivity contribution in [2.75, 3.05) is 39.4 Å². The predicted octanol–water partition coefficient (Wildman–Crippen LogP) is 1.94. The second kappa shape index (κ2) is 7.14. The van der Waals surface area contributed by atoms with Crippen molar-refractivity contribution < 1.29 is 14.1 Å². The number of para-hydroxylation sites is 1. The van der Waals surface area contributed by atoms with E-state index < -0.39 is 0 Å². The van der Waals surface area contributed by atoms with Gasteiger partial charge in [-0.15, -0.1) is 0 Å². The molecule has 2 aliphatic heterocycles. The van der Waals surface area contributed by atoms with Crippen LogP contribution in [0.15, 0.2) is 28.8 Å². The first kappa shape index (κ1) is 16.5. The Morgan fingerprint density at radius 2 is 2.04 bits per heavy atom. The number of carbonyl (C=O) groups is 1. The zero-order valence-corrected chi connectivity index (χ0v) is 14.7. The molecule has 134 valence electrons. The molecule has 2 aliphatic rings. The standard InChI is InChI=1S/C19H25N3O3/c1-2-14-12-22(13-17(14)21-7-9-24-10-8-21)19(23)11-16-15-5-3-4-6-18(15)25-20-16/h3-6,14,17H,2,7-13H2,1H3/t14-,17+/m0/s1. The maximum absolute atomic E-state index is 12.8. The van der Waals surface area contributed by atoms with Gasteiger partial charge >= 0.3 is 0 Å². The van der Waals surface area contributed by atoms with Gasteiger partial charge in [0.05, 0.1) is 19.6 Å². The number of ether oxygens (including phenoxy) is 1. The van der Waals surface area contributed by atoms with E-state index in [4.69, 9.17) is 9.26 Å². The van der Waals surface area contributed by atoms with E-state index >= 15 is 0 Å². The van der Waals surface area contributed by atoms with Crippen molar-refractivity contribution >= 4 is 16.9 Å². The first-order valence-corrected chi connectivity index (χ1v) is 9.19. The van der Waals surface area contributed by atoms with E-state index in [9.17, 15) is 4.79 Å². The molecule has 0 unspecified atom stereocenters. The lowest BCUT2D eigenvalue weighted by Gasteiger charge is -2.34. The summed E-state index contributed by atoms with van der Waals surface area (Å²) in [6.07, 6.45) is 1.40. The molecule has 2 aromatic rings. The number of likely N-dealkylation sites (tertiary alicyclic amines) is 1. The van der Waals surface area contributed by atoms with Crippen LogP contribution in [0.4, 0.5) is 0 Å². The van der Waals surface area contributed by atoms with Crippen LogP contribution in [0.25, 0.3) is 11.0 Å². The molecular formula is C19H25N3O3. The van der Waals surface area contributed by atoms with Crippen LogP contribution >= 0.6 is 0 Å². The van der Waals surface area contributed by atoms with E-state index in [2.05, 4.69) is 17.0 Å². The summed E-state index contributed by atoms with van der Waals surface area (Å²) in [6.45, 7) is 7.41. The highest BCUT2D eigenvalue weighted by molar-refractivity contribution is 5.86. The topological polar surface area (TPSA) is 58.8 Å². The van der Waals surface area contributed by atoms with Gasteiger partial charge in [0.2, 0.25) is 5.91 Å². The van der Waals surface area contributed by atoms with Crippen molar-refractivity contribution in [2.24, 2.45) is 5.92 Å². The van der Waals surface area contributed by atoms with Gasteiger partial charge in [-0.25, -0.2) is 0 Å². The number of hydrogen-bond donors (Lipinski definition) is 0. The minimum absolute atomic E-state index is 0.147. The molecule has 2 saturated heterocycles. The molecule has 0 saturated carbocycles. The minimum atomic E-state index is 0.147. The Hall–Kier alpha value is -1.92. The molecular weight excluding hydrogens is 318 g/mol. The monoisotopic (exact) mass is 343 g/mol. The second-order valence-corrected chi connectivity index (χ2v) is 6.98. The quantitative estimate of drug-likeness (QED) is 0.849. The van der Waals surface area contributed by atoms with Crippen molar-refractivity contribution in [1.82, 2.24) is 15.0 Å². The van der Waals surface area contributed by atoms with E-state index in [0.29, 0.717) is 18.4 Å². The highest BCUT2D eigenvalue weighted by atomic mass is 16.5. The SMILES string of the molecule is CC[C@H]1CN(C(=O)Cc2noc3ccccc23)C[C@H]1N1CCOCC1. The average molecular weight is 343 g/mol. The van der Waals surface area contributed by atoms with Gasteiger partial charge < -0.3 is 14.2 Å². The Morgan fingerprint density at radius 3 is 2.84 bits per heavy atom. The minimum Gasteiger partial charge on any atom is -0.379 e. The molecule has 2 atom stereocenters. The lowest BCUT2D eigenvalue weighted by Crippen LogP contribution is -2.47. The summed E-state index contributed by atoms with van der Waals surface area (Å²) in [5.41, 5.74) is 1.48. The highest BCUT2D eigenvalue weighted by Crippen LogP contribution is 2.27. The molecule has 0 aliphatic carbocycles. The molecule has 6 heteroatoms. The van der Waals surface area contributed by atoms with E-state index in [1.165, 1.54) is 0 Å². The summed E-state index contributed by atoms with van der Waals surface area (Å²) in [6, 6.07) is 8.16. The highest BCUT2D eigenvalue weighted by Gasteiger charge is 2.38. The number of rotatable bonds is 4. The van der Waals surface area contributed by atoms with Crippen LogP contribution in [0.5, 0.6) is 0 Å². The Labute approximate surface area is 147 Å². The van der Waals surface area contributed by atoms with E-state index in [-0.39, 0.29) is 5.91 Å². The number of benzene rings is 1. The number of fused-ring (bicyclic) bond motifs is 1. The number of aromatic nitrogens is 1. The van der Waals surface area contributed by atoms with Gasteiger partial charge in [0.15, 0.2) is 5.58 Å². The summed E-state index contributed by atoms with van der Waals surface area (Å²) in [5, 5.41) is 5.04. The summed E-state index contributed by atoms with van der Waals surface area (Å²) in [5.74, 6) is 0.685. The number of amides is 1. The third-order valence-electron chi connectivity index (χ3n) is 5.57. The van der Waals surface area contributed by atoms with Gasteiger partial charge in [0.25, 0.3) is 0 Å². The fourth-order valence-corrected chi connectivity index (χ4v) is 4.10. The second-order valence-electron chi connectivity index (χ2n) is 6.98. The van der Waals surface area contributed by atoms with Crippen LogP contribution in [-0.4, -0.2) is 66.3 Å². The first-order valence-electron chi connectivity index (χ1n) is 9.19. The largest absolute Gasteiger partial charge is 0.379 e. The van der Waals surface area contributed by atoms with Gasteiger partial charge in [0.1, 0.15) is 5.69 Å². The molecule has 1 aromatic heterocycles. The molecule has 2 fully saturated rings. The zero-order valence-electron chi connectivity index (χ0n) is 14.7. The maximum Gasteiger partial charge on any atom is 0.228 e. The average Bonchev–Trinajstić information content (AvgIpc) is 3.27. The predicted molar refractivity (Wildman–Crippen MR) is 94.3 cm³/mol. The Balaban J connectivity index is 1.45. The van der Waals surface area contributed by atoms with Crippen LogP contribution < -0.4 is 0 Å². The van der Waals surface area contributed by atoms with Gasteiger partial charge in [0, 0.05) is 37.6 Å². The van der Waals surface area contributed by atoms with Crippen molar-refractivity contribution in [1.29, 1.82) is 0 Å². The van der Waals surface area contributed by atoms with Gasteiger partial charge in [-0.3, -0.25) is 9.69 Å². The molecule has 1 amide bonds. The van der Waals surface area contributed by atoms with Crippen LogP contribution in [0.2, 0.25) is 0 Å². The molecule has 0 radical (unpaired) electrons. The third-order valence-corrected chi connectivity index (χ3v) is 5.57. The Bertz CT molecular complexity index is 738. The molecule has 0 bridgehead atoms. The van der Waals surface area contributed by atoms with Gasteiger partial charge in [-0.1, -0.05) is 30.6 Å². The molecule has 4 rings (SSSR count). The van der Waals surface area contributed by atoms with Crippen LogP contribution in [0.1, 0.15) is 19.0 Å². The van der Waals surface area contributed by atoms with Gasteiger partial charge in [-0.2, -0.15) is 0 Å². The maximum atomic E-state index is 12.8. The van der Waals surface area contributed by atoms with Crippen molar-refractivity contribution in [3.8, 4) is 0 Å². The molecule has 0 N–H and O–H groups in total. The number of hydrogen-bond acceptors (Lipinski definition) is 5. The van der Waals surface area contributed by atoms with Crippen LogP contribution in [0, 0.1) is 5.92 Å². The molecule has 6 nitrogen and oxygen atoms in total. The summed E-state index contributed by atoms with van der Waals surface area (Å²) in [7, 11) is 0. The van der Waals surface area contributed by atoms with E-state index in [1.807, 2.05) is 29.2 Å². The van der Waals surface area contributed by atoms with Crippen molar-refractivity contribution in [2.45, 2.75) is 25.8 Å². The number of morpholine rings is 1. The molecule has 1 aromatic carbocycles. The zero-order chi connectivity index (χ0) is 17.2. The van der Waals surface area contributed by atoms with Crippen molar-refractivity contribution in [3.05, 3.63) is 30.0 Å². The molecule has 3 heterocycles. The van der Waals surface area contributed by atoms with Crippen molar-refractivity contribution in [3.63, 3.8) is 0 Å². The Kier molecular flexibility index (Phi) is 4.72. The summed E-state index contributed by atoms with van der Waals surface area (Å²) < 4.78 is 10.8. The summed E-state index contributed by atoms with van der Waals surface area (Å²) >= 11 is 0. The van der Waals surface area contributed by atoms with E-state index in [0.717, 1.165) is 62.5 Å². The number of carbonyl (C=O) groups excluding carboxylic acids is 1. The molecule has 25 heavy (non-hydrogen) atoms. The Morgan fingerprint density at radius 1 is 1.24 bits per heavy atom. The fraction of sp³-hybridized carbons (Fsp3) is 0.579.